The number of nitrogens with zero attached hydrogens (tertiary/aromatic N) is 1. The molecule has 0 bridgehead atoms. The summed E-state index contributed by atoms with van der Waals surface area (Å²) >= 11 is 5.88. The SMILES string of the molecule is COc1ccc(CC(=O)NCCN(Cc2ccc(Cl)cc2)C(C)=O)cc1. The normalized spacial score (nSPS) is 10.3. The van der Waals surface area contributed by atoms with Crippen molar-refractivity contribution in [1.29, 1.82) is 0 Å². The van der Waals surface area contributed by atoms with Crippen molar-refractivity contribution in [2.75, 3.05) is 20.2 Å². The monoisotopic (exact) mass is 374 g/mol. The molecule has 0 saturated heterocycles. The molecule has 0 aliphatic rings. The van der Waals surface area contributed by atoms with Gasteiger partial charge in [-0.25, -0.2) is 0 Å². The molecule has 2 aromatic rings. The van der Waals surface area contributed by atoms with Gasteiger partial charge >= 0.3 is 0 Å². The topological polar surface area (TPSA) is 58.6 Å². The maximum Gasteiger partial charge on any atom is 0.224 e. The molecule has 0 radical (unpaired) electrons. The summed E-state index contributed by atoms with van der Waals surface area (Å²) in [6.45, 7) is 2.87. The van der Waals surface area contributed by atoms with E-state index in [9.17, 15) is 9.59 Å². The summed E-state index contributed by atoms with van der Waals surface area (Å²) in [5, 5.41) is 3.52. The van der Waals surface area contributed by atoms with Gasteiger partial charge in [-0.3, -0.25) is 9.59 Å². The van der Waals surface area contributed by atoms with Crippen molar-refractivity contribution in [2.45, 2.75) is 19.9 Å². The van der Waals surface area contributed by atoms with Crippen molar-refractivity contribution in [3.8, 4) is 5.75 Å². The van der Waals surface area contributed by atoms with Gasteiger partial charge in [-0.15, -0.1) is 0 Å². The lowest BCUT2D eigenvalue weighted by Gasteiger charge is -2.21. The third-order valence-corrected chi connectivity index (χ3v) is 4.21. The Balaban J connectivity index is 1.80. The number of methoxy groups -OCH3 is 1. The van der Waals surface area contributed by atoms with E-state index >= 15 is 0 Å². The number of amides is 2. The van der Waals surface area contributed by atoms with Crippen molar-refractivity contribution in [3.05, 3.63) is 64.7 Å². The summed E-state index contributed by atoms with van der Waals surface area (Å²) in [5.41, 5.74) is 1.90. The third-order valence-electron chi connectivity index (χ3n) is 3.96. The molecule has 0 spiro atoms. The number of hydrogen-bond acceptors (Lipinski definition) is 3. The van der Waals surface area contributed by atoms with Crippen molar-refractivity contribution in [2.24, 2.45) is 0 Å². The first-order valence-electron chi connectivity index (χ1n) is 8.37. The first kappa shape index (κ1) is 19.8. The fourth-order valence-electron chi connectivity index (χ4n) is 2.48. The van der Waals surface area contributed by atoms with Crippen LogP contribution in [0.1, 0.15) is 18.1 Å². The molecule has 2 amide bonds. The Morgan fingerprint density at radius 2 is 1.65 bits per heavy atom. The highest BCUT2D eigenvalue weighted by molar-refractivity contribution is 6.30. The van der Waals surface area contributed by atoms with Crippen LogP contribution in [0.3, 0.4) is 0 Å². The summed E-state index contributed by atoms with van der Waals surface area (Å²) in [6, 6.07) is 14.7. The molecule has 0 saturated carbocycles. The van der Waals surface area contributed by atoms with Gasteiger partial charge in [-0.1, -0.05) is 35.9 Å². The Morgan fingerprint density at radius 1 is 1.04 bits per heavy atom. The van der Waals surface area contributed by atoms with Crippen LogP contribution < -0.4 is 10.1 Å². The summed E-state index contributed by atoms with van der Waals surface area (Å²) < 4.78 is 5.10. The number of hydrogen-bond donors (Lipinski definition) is 1. The van der Waals surface area contributed by atoms with Gasteiger partial charge in [0.15, 0.2) is 0 Å². The largest absolute Gasteiger partial charge is 0.497 e. The minimum absolute atomic E-state index is 0.0376. The maximum atomic E-state index is 12.1. The van der Waals surface area contributed by atoms with Gasteiger partial charge in [0.1, 0.15) is 5.75 Å². The summed E-state index contributed by atoms with van der Waals surface area (Å²) in [5.74, 6) is 0.642. The second-order valence-electron chi connectivity index (χ2n) is 5.94. The molecule has 138 valence electrons. The lowest BCUT2D eigenvalue weighted by molar-refractivity contribution is -0.130. The molecular formula is C20H23ClN2O3. The Kier molecular flexibility index (Phi) is 7.48. The van der Waals surface area contributed by atoms with E-state index in [1.54, 1.807) is 24.1 Å². The number of benzene rings is 2. The van der Waals surface area contributed by atoms with Crippen molar-refractivity contribution in [1.82, 2.24) is 10.2 Å². The van der Waals surface area contributed by atoms with Crippen LogP contribution >= 0.6 is 11.6 Å². The minimum atomic E-state index is -0.0786. The summed E-state index contributed by atoms with van der Waals surface area (Å²) in [4.78, 5) is 25.6. The molecule has 0 fully saturated rings. The van der Waals surface area contributed by atoms with E-state index in [1.807, 2.05) is 36.4 Å². The molecule has 6 heteroatoms. The molecule has 0 aliphatic carbocycles. The van der Waals surface area contributed by atoms with Crippen molar-refractivity contribution < 1.29 is 14.3 Å². The van der Waals surface area contributed by atoms with Gasteiger partial charge in [-0.05, 0) is 35.4 Å². The molecule has 2 aromatic carbocycles. The molecule has 2 rings (SSSR count). The van der Waals surface area contributed by atoms with Gasteiger partial charge in [-0.2, -0.15) is 0 Å². The highest BCUT2D eigenvalue weighted by Gasteiger charge is 2.10. The second-order valence-corrected chi connectivity index (χ2v) is 6.38. The first-order valence-corrected chi connectivity index (χ1v) is 8.75. The van der Waals surface area contributed by atoms with Gasteiger partial charge in [0.2, 0.25) is 11.8 Å². The third kappa shape index (κ3) is 6.41. The number of carbonyl (C=O) groups excluding carboxylic acids is 2. The van der Waals surface area contributed by atoms with Gasteiger partial charge in [0.25, 0.3) is 0 Å². The number of nitrogens with one attached hydrogen (secondary N) is 1. The fraction of sp³-hybridized carbons (Fsp3) is 0.300. The Morgan fingerprint density at radius 3 is 2.23 bits per heavy atom. The van der Waals surface area contributed by atoms with Gasteiger partial charge in [0.05, 0.1) is 13.5 Å². The predicted octanol–water partition coefficient (Wildman–Crippen LogP) is 3.06. The first-order chi connectivity index (χ1) is 12.5. The van der Waals surface area contributed by atoms with E-state index in [4.69, 9.17) is 16.3 Å². The van der Waals surface area contributed by atoms with Crippen LogP contribution in [0.15, 0.2) is 48.5 Å². The molecule has 0 atom stereocenters. The second kappa shape index (κ2) is 9.82. The van der Waals surface area contributed by atoms with Crippen LogP contribution in [0.5, 0.6) is 5.75 Å². The number of ether oxygens (including phenoxy) is 1. The Bertz CT molecular complexity index is 730. The van der Waals surface area contributed by atoms with E-state index in [-0.39, 0.29) is 11.8 Å². The molecule has 5 nitrogen and oxygen atoms in total. The molecule has 0 unspecified atom stereocenters. The average Bonchev–Trinajstić information content (AvgIpc) is 2.63. The van der Waals surface area contributed by atoms with Crippen LogP contribution in [0.25, 0.3) is 0 Å². The van der Waals surface area contributed by atoms with E-state index < -0.39 is 0 Å². The zero-order valence-corrected chi connectivity index (χ0v) is 15.8. The Hall–Kier alpha value is -2.53. The van der Waals surface area contributed by atoms with Crippen LogP contribution in [0, 0.1) is 0 Å². The Labute approximate surface area is 158 Å². The van der Waals surface area contributed by atoms with Gasteiger partial charge in [0, 0.05) is 31.6 Å². The van der Waals surface area contributed by atoms with Crippen LogP contribution in [-0.4, -0.2) is 36.9 Å². The van der Waals surface area contributed by atoms with E-state index in [0.29, 0.717) is 31.1 Å². The standard InChI is InChI=1S/C20H23ClN2O3/c1-15(24)23(14-17-3-7-18(21)8-4-17)12-11-22-20(25)13-16-5-9-19(26-2)10-6-16/h3-10H,11-14H2,1-2H3,(H,22,25). The molecule has 0 aliphatic heterocycles. The lowest BCUT2D eigenvalue weighted by atomic mass is 10.1. The van der Waals surface area contributed by atoms with Crippen LogP contribution in [-0.2, 0) is 22.6 Å². The lowest BCUT2D eigenvalue weighted by Crippen LogP contribution is -2.37. The molecule has 0 aromatic heterocycles. The molecule has 26 heavy (non-hydrogen) atoms. The summed E-state index contributed by atoms with van der Waals surface area (Å²) in [7, 11) is 1.60. The number of carbonyl (C=O) groups is 2. The maximum absolute atomic E-state index is 12.1. The number of halogens is 1. The molecule has 0 heterocycles. The van der Waals surface area contributed by atoms with E-state index in [1.165, 1.54) is 6.92 Å². The van der Waals surface area contributed by atoms with E-state index in [2.05, 4.69) is 5.32 Å². The molecular weight excluding hydrogens is 352 g/mol. The minimum Gasteiger partial charge on any atom is -0.497 e. The fourth-order valence-corrected chi connectivity index (χ4v) is 2.61. The van der Waals surface area contributed by atoms with Crippen molar-refractivity contribution >= 4 is 23.4 Å². The summed E-state index contributed by atoms with van der Waals surface area (Å²) in [6.07, 6.45) is 0.293. The predicted molar refractivity (Wildman–Crippen MR) is 102 cm³/mol. The number of rotatable bonds is 8. The van der Waals surface area contributed by atoms with Crippen LogP contribution in [0.2, 0.25) is 5.02 Å². The van der Waals surface area contributed by atoms with Crippen molar-refractivity contribution in [3.63, 3.8) is 0 Å². The van der Waals surface area contributed by atoms with Crippen LogP contribution in [0.4, 0.5) is 0 Å². The van der Waals surface area contributed by atoms with E-state index in [0.717, 1.165) is 16.9 Å². The smallest absolute Gasteiger partial charge is 0.224 e. The highest BCUT2D eigenvalue weighted by atomic mass is 35.5. The molecule has 1 N–H and O–H groups in total. The zero-order valence-electron chi connectivity index (χ0n) is 15.0. The van der Waals surface area contributed by atoms with Gasteiger partial charge < -0.3 is 15.0 Å². The zero-order chi connectivity index (χ0) is 18.9. The quantitative estimate of drug-likeness (QED) is 0.772. The highest BCUT2D eigenvalue weighted by Crippen LogP contribution is 2.12. The average molecular weight is 375 g/mol.